The molecular formula is C25H27N5O5. The predicted octanol–water partition coefficient (Wildman–Crippen LogP) is 3.41. The number of benzene rings is 2. The molecule has 0 saturated heterocycles. The molecule has 4 rings (SSSR count). The van der Waals surface area contributed by atoms with Crippen LogP contribution in [0.15, 0.2) is 54.6 Å². The molecule has 1 amide bonds. The fraction of sp³-hybridized carbons (Fsp3) is 0.280. The van der Waals surface area contributed by atoms with Gasteiger partial charge in [-0.15, -0.1) is 15.3 Å². The highest BCUT2D eigenvalue weighted by Crippen LogP contribution is 2.28. The zero-order valence-corrected chi connectivity index (χ0v) is 19.9. The standard InChI is InChI=1S/C25H27N5O5/c1-4-33-20-11-8-18(16-21(20)34-5-2)25(31)26-14-15-35-23-13-12-22-27-28-24(30(22)29-23)17-6-9-19(32-3)10-7-17/h6-13,16H,4-5,14-15H2,1-3H3,(H,26,31). The van der Waals surface area contributed by atoms with Crippen LogP contribution in [0.3, 0.4) is 0 Å². The summed E-state index contributed by atoms with van der Waals surface area (Å²) in [7, 11) is 1.62. The summed E-state index contributed by atoms with van der Waals surface area (Å²) in [6.45, 7) is 5.29. The number of carbonyl (C=O) groups is 1. The molecule has 4 aromatic rings. The number of ether oxygens (including phenoxy) is 4. The lowest BCUT2D eigenvalue weighted by atomic mass is 10.2. The molecule has 0 aliphatic carbocycles. The summed E-state index contributed by atoms with van der Waals surface area (Å²) >= 11 is 0. The minimum Gasteiger partial charge on any atom is -0.497 e. The molecule has 0 spiro atoms. The van der Waals surface area contributed by atoms with E-state index in [2.05, 4.69) is 20.6 Å². The number of nitrogens with one attached hydrogen (secondary N) is 1. The Hall–Kier alpha value is -4.34. The zero-order valence-electron chi connectivity index (χ0n) is 19.9. The van der Waals surface area contributed by atoms with E-state index in [1.54, 1.807) is 42.0 Å². The maximum absolute atomic E-state index is 12.6. The summed E-state index contributed by atoms with van der Waals surface area (Å²) in [5.41, 5.74) is 1.92. The average molecular weight is 478 g/mol. The van der Waals surface area contributed by atoms with Gasteiger partial charge in [-0.3, -0.25) is 4.79 Å². The lowest BCUT2D eigenvalue weighted by molar-refractivity contribution is 0.0946. The Morgan fingerprint density at radius 1 is 0.914 bits per heavy atom. The first kappa shape index (κ1) is 23.8. The molecule has 2 heterocycles. The molecule has 0 aliphatic rings. The van der Waals surface area contributed by atoms with E-state index < -0.39 is 0 Å². The molecule has 35 heavy (non-hydrogen) atoms. The Kier molecular flexibility index (Phi) is 7.61. The number of fused-ring (bicyclic) bond motifs is 1. The van der Waals surface area contributed by atoms with Gasteiger partial charge in [0.05, 0.1) is 26.9 Å². The number of hydrogen-bond acceptors (Lipinski definition) is 8. The van der Waals surface area contributed by atoms with Crippen LogP contribution in [0.5, 0.6) is 23.1 Å². The van der Waals surface area contributed by atoms with Crippen molar-refractivity contribution in [1.29, 1.82) is 0 Å². The van der Waals surface area contributed by atoms with E-state index in [0.29, 0.717) is 54.2 Å². The van der Waals surface area contributed by atoms with Crippen LogP contribution in [0, 0.1) is 0 Å². The quantitative estimate of drug-likeness (QED) is 0.328. The van der Waals surface area contributed by atoms with E-state index in [0.717, 1.165) is 11.3 Å². The van der Waals surface area contributed by atoms with Crippen molar-refractivity contribution in [2.45, 2.75) is 13.8 Å². The molecule has 10 heteroatoms. The molecule has 0 bridgehead atoms. The molecule has 1 N–H and O–H groups in total. The number of methoxy groups -OCH3 is 1. The Balaban J connectivity index is 1.37. The second-order valence-corrected chi connectivity index (χ2v) is 7.33. The number of carbonyl (C=O) groups excluding carboxylic acids is 1. The first-order valence-electron chi connectivity index (χ1n) is 11.3. The van der Waals surface area contributed by atoms with Crippen LogP contribution in [0.4, 0.5) is 0 Å². The predicted molar refractivity (Wildman–Crippen MR) is 129 cm³/mol. The number of rotatable bonds is 11. The first-order valence-corrected chi connectivity index (χ1v) is 11.3. The molecule has 182 valence electrons. The van der Waals surface area contributed by atoms with Gasteiger partial charge in [0.15, 0.2) is 23.0 Å². The first-order chi connectivity index (χ1) is 17.1. The van der Waals surface area contributed by atoms with E-state index in [4.69, 9.17) is 18.9 Å². The van der Waals surface area contributed by atoms with Crippen molar-refractivity contribution in [2.75, 3.05) is 33.5 Å². The highest BCUT2D eigenvalue weighted by Gasteiger charge is 2.13. The van der Waals surface area contributed by atoms with Crippen LogP contribution in [0.2, 0.25) is 0 Å². The van der Waals surface area contributed by atoms with Gasteiger partial charge in [-0.25, -0.2) is 0 Å². The number of amides is 1. The topological polar surface area (TPSA) is 109 Å². The minimum absolute atomic E-state index is 0.235. The smallest absolute Gasteiger partial charge is 0.251 e. The number of hydrogen-bond donors (Lipinski definition) is 1. The van der Waals surface area contributed by atoms with Gasteiger partial charge in [0.2, 0.25) is 5.88 Å². The maximum Gasteiger partial charge on any atom is 0.251 e. The number of aromatic nitrogens is 4. The molecular weight excluding hydrogens is 450 g/mol. The molecule has 0 unspecified atom stereocenters. The summed E-state index contributed by atoms with van der Waals surface area (Å²) in [5, 5.41) is 15.7. The summed E-state index contributed by atoms with van der Waals surface area (Å²) in [4.78, 5) is 12.6. The van der Waals surface area contributed by atoms with Crippen molar-refractivity contribution in [2.24, 2.45) is 0 Å². The van der Waals surface area contributed by atoms with Gasteiger partial charge < -0.3 is 24.3 Å². The van der Waals surface area contributed by atoms with Crippen LogP contribution in [0.1, 0.15) is 24.2 Å². The fourth-order valence-corrected chi connectivity index (χ4v) is 3.38. The van der Waals surface area contributed by atoms with Gasteiger partial charge in [-0.1, -0.05) is 0 Å². The highest BCUT2D eigenvalue weighted by molar-refractivity contribution is 5.94. The SMILES string of the molecule is CCOc1ccc(C(=O)NCCOc2ccc3nnc(-c4ccc(OC)cc4)n3n2)cc1OCC. The molecule has 10 nitrogen and oxygen atoms in total. The second-order valence-electron chi connectivity index (χ2n) is 7.33. The molecule has 0 fully saturated rings. The Labute approximate surface area is 202 Å². The zero-order chi connectivity index (χ0) is 24.6. The van der Waals surface area contributed by atoms with Gasteiger partial charge in [0, 0.05) is 17.2 Å². The van der Waals surface area contributed by atoms with Crippen molar-refractivity contribution in [3.8, 4) is 34.5 Å². The van der Waals surface area contributed by atoms with Gasteiger partial charge in [-0.05, 0) is 62.4 Å². The largest absolute Gasteiger partial charge is 0.497 e. The van der Waals surface area contributed by atoms with Crippen LogP contribution in [-0.2, 0) is 0 Å². The summed E-state index contributed by atoms with van der Waals surface area (Å²) in [6.07, 6.45) is 0. The average Bonchev–Trinajstić information content (AvgIpc) is 3.31. The Bertz CT molecular complexity index is 1290. The summed E-state index contributed by atoms with van der Waals surface area (Å²) < 4.78 is 23.7. The molecule has 0 saturated carbocycles. The van der Waals surface area contributed by atoms with Crippen molar-refractivity contribution >= 4 is 11.6 Å². The van der Waals surface area contributed by atoms with E-state index in [-0.39, 0.29) is 12.5 Å². The Morgan fingerprint density at radius 2 is 1.69 bits per heavy atom. The Morgan fingerprint density at radius 3 is 2.43 bits per heavy atom. The van der Waals surface area contributed by atoms with Gasteiger partial charge in [0.25, 0.3) is 5.91 Å². The van der Waals surface area contributed by atoms with Crippen LogP contribution >= 0.6 is 0 Å². The summed E-state index contributed by atoms with van der Waals surface area (Å²) in [5.74, 6) is 2.64. The normalized spacial score (nSPS) is 10.7. The lowest BCUT2D eigenvalue weighted by Gasteiger charge is -2.12. The minimum atomic E-state index is -0.235. The van der Waals surface area contributed by atoms with Crippen LogP contribution in [0.25, 0.3) is 17.0 Å². The van der Waals surface area contributed by atoms with E-state index in [1.807, 2.05) is 38.1 Å². The third kappa shape index (κ3) is 5.60. The van der Waals surface area contributed by atoms with Crippen molar-refractivity contribution in [1.82, 2.24) is 25.1 Å². The van der Waals surface area contributed by atoms with E-state index in [1.165, 1.54) is 0 Å². The van der Waals surface area contributed by atoms with Crippen molar-refractivity contribution in [3.05, 3.63) is 60.2 Å². The van der Waals surface area contributed by atoms with Crippen molar-refractivity contribution < 1.29 is 23.7 Å². The molecule has 0 radical (unpaired) electrons. The maximum atomic E-state index is 12.6. The molecule has 2 aromatic heterocycles. The monoisotopic (exact) mass is 477 g/mol. The second kappa shape index (κ2) is 11.2. The third-order valence-corrected chi connectivity index (χ3v) is 5.03. The van der Waals surface area contributed by atoms with Crippen molar-refractivity contribution in [3.63, 3.8) is 0 Å². The fourth-order valence-electron chi connectivity index (χ4n) is 3.38. The van der Waals surface area contributed by atoms with Crippen LogP contribution < -0.4 is 24.3 Å². The molecule has 0 atom stereocenters. The van der Waals surface area contributed by atoms with E-state index >= 15 is 0 Å². The van der Waals surface area contributed by atoms with E-state index in [9.17, 15) is 4.79 Å². The molecule has 0 aliphatic heterocycles. The van der Waals surface area contributed by atoms with Gasteiger partial charge >= 0.3 is 0 Å². The van der Waals surface area contributed by atoms with Gasteiger partial charge in [0.1, 0.15) is 12.4 Å². The highest BCUT2D eigenvalue weighted by atomic mass is 16.5. The lowest BCUT2D eigenvalue weighted by Crippen LogP contribution is -2.28. The van der Waals surface area contributed by atoms with Crippen LogP contribution in [-0.4, -0.2) is 59.2 Å². The van der Waals surface area contributed by atoms with Gasteiger partial charge in [-0.2, -0.15) is 4.52 Å². The third-order valence-electron chi connectivity index (χ3n) is 5.03. The summed E-state index contributed by atoms with van der Waals surface area (Å²) in [6, 6.07) is 16.1. The molecule has 2 aromatic carbocycles. The number of nitrogens with zero attached hydrogens (tertiary/aromatic N) is 4.